The van der Waals surface area contributed by atoms with Gasteiger partial charge >= 0.3 is 5.97 Å². The van der Waals surface area contributed by atoms with E-state index >= 15 is 0 Å². The Morgan fingerprint density at radius 2 is 1.41 bits per heavy atom. The molecule has 0 spiro atoms. The number of primary sulfonamides is 1. The highest BCUT2D eigenvalue weighted by atomic mass is 32.2. The summed E-state index contributed by atoms with van der Waals surface area (Å²) in [6.07, 6.45) is 9.50. The van der Waals surface area contributed by atoms with E-state index in [1.165, 1.54) is 25.0 Å². The molecule has 0 radical (unpaired) electrons. The average molecular weight is 498 g/mol. The molecule has 194 valence electrons. The summed E-state index contributed by atoms with van der Waals surface area (Å²) in [7, 11) is -3.75. The lowest BCUT2D eigenvalue weighted by Gasteiger charge is -2.27. The third-order valence-electron chi connectivity index (χ3n) is 5.89. The van der Waals surface area contributed by atoms with Crippen LogP contribution in [0.25, 0.3) is 0 Å². The van der Waals surface area contributed by atoms with Crippen molar-refractivity contribution in [1.82, 2.24) is 9.80 Å². The SMILES string of the molecule is CCCCCCN(CCCCCC)CC(=O)N(CCC(=O)O)CCc1ccc(S(N)(=O)=O)cc1. The van der Waals surface area contributed by atoms with Crippen LogP contribution in [0, 0.1) is 0 Å². The number of carboxylic acids is 1. The molecule has 0 atom stereocenters. The highest BCUT2D eigenvalue weighted by Crippen LogP contribution is 2.11. The number of amides is 1. The predicted molar refractivity (Wildman–Crippen MR) is 135 cm³/mol. The minimum atomic E-state index is -3.75. The number of nitrogens with two attached hydrogens (primary N) is 1. The number of sulfonamides is 1. The van der Waals surface area contributed by atoms with Gasteiger partial charge in [0, 0.05) is 13.1 Å². The number of hydrogen-bond donors (Lipinski definition) is 2. The second-order valence-electron chi connectivity index (χ2n) is 8.86. The lowest BCUT2D eigenvalue weighted by molar-refractivity contribution is -0.138. The molecule has 1 aromatic rings. The van der Waals surface area contributed by atoms with Crippen LogP contribution in [-0.2, 0) is 26.0 Å². The van der Waals surface area contributed by atoms with Gasteiger partial charge in [0.05, 0.1) is 17.9 Å². The monoisotopic (exact) mass is 497 g/mol. The van der Waals surface area contributed by atoms with Gasteiger partial charge in [-0.25, -0.2) is 13.6 Å². The van der Waals surface area contributed by atoms with E-state index in [0.29, 0.717) is 19.5 Å². The lowest BCUT2D eigenvalue weighted by Crippen LogP contribution is -2.43. The Kier molecular flexibility index (Phi) is 14.7. The van der Waals surface area contributed by atoms with Crippen LogP contribution in [-0.4, -0.2) is 67.9 Å². The highest BCUT2D eigenvalue weighted by molar-refractivity contribution is 7.89. The molecule has 0 aromatic heterocycles. The molecule has 1 amide bonds. The second kappa shape index (κ2) is 16.6. The van der Waals surface area contributed by atoms with E-state index in [4.69, 9.17) is 10.2 Å². The number of carboxylic acid groups (broad SMARTS) is 1. The number of rotatable bonds is 19. The first-order valence-electron chi connectivity index (χ1n) is 12.5. The van der Waals surface area contributed by atoms with Crippen LogP contribution in [0.3, 0.4) is 0 Å². The van der Waals surface area contributed by atoms with Crippen LogP contribution < -0.4 is 5.14 Å². The van der Waals surface area contributed by atoms with Gasteiger partial charge in [-0.05, 0) is 50.0 Å². The molecule has 0 fully saturated rings. The molecule has 34 heavy (non-hydrogen) atoms. The van der Waals surface area contributed by atoms with Crippen LogP contribution in [0.5, 0.6) is 0 Å². The number of unbranched alkanes of at least 4 members (excludes halogenated alkanes) is 6. The van der Waals surface area contributed by atoms with Gasteiger partial charge < -0.3 is 10.0 Å². The van der Waals surface area contributed by atoms with E-state index < -0.39 is 16.0 Å². The van der Waals surface area contributed by atoms with E-state index in [9.17, 15) is 18.0 Å². The summed E-state index contributed by atoms with van der Waals surface area (Å²) in [6, 6.07) is 6.24. The van der Waals surface area contributed by atoms with E-state index in [1.54, 1.807) is 17.0 Å². The summed E-state index contributed by atoms with van der Waals surface area (Å²) < 4.78 is 22.9. The normalized spacial score (nSPS) is 11.6. The third-order valence-corrected chi connectivity index (χ3v) is 6.81. The van der Waals surface area contributed by atoms with Crippen LogP contribution in [0.4, 0.5) is 0 Å². The van der Waals surface area contributed by atoms with Gasteiger partial charge in [0.2, 0.25) is 15.9 Å². The number of nitrogens with zero attached hydrogens (tertiary/aromatic N) is 2. The standard InChI is InChI=1S/C25H43N3O5S/c1-3-5-7-9-17-27(18-10-8-6-4-2)21-24(29)28(20-16-25(30)31)19-15-22-11-13-23(14-12-22)34(26,32)33/h11-14H,3-10,15-21H2,1-2H3,(H,30,31)(H2,26,32,33). The van der Waals surface area contributed by atoms with Crippen LogP contribution >= 0.6 is 0 Å². The summed E-state index contributed by atoms with van der Waals surface area (Å²) in [5, 5.41) is 14.3. The van der Waals surface area contributed by atoms with Gasteiger partial charge in [0.25, 0.3) is 0 Å². The summed E-state index contributed by atoms with van der Waals surface area (Å²) in [5.41, 5.74) is 0.858. The lowest BCUT2D eigenvalue weighted by atomic mass is 10.1. The fourth-order valence-corrected chi connectivity index (χ4v) is 4.30. The first-order valence-corrected chi connectivity index (χ1v) is 14.1. The van der Waals surface area contributed by atoms with Crippen molar-refractivity contribution in [3.8, 4) is 0 Å². The van der Waals surface area contributed by atoms with E-state index in [2.05, 4.69) is 18.7 Å². The largest absolute Gasteiger partial charge is 0.481 e. The van der Waals surface area contributed by atoms with Gasteiger partial charge in [-0.15, -0.1) is 0 Å². The molecule has 3 N–H and O–H groups in total. The van der Waals surface area contributed by atoms with Crippen molar-refractivity contribution < 1.29 is 23.1 Å². The van der Waals surface area contributed by atoms with Crippen molar-refractivity contribution in [3.05, 3.63) is 29.8 Å². The third kappa shape index (κ3) is 13.1. The van der Waals surface area contributed by atoms with Crippen LogP contribution in [0.2, 0.25) is 0 Å². The van der Waals surface area contributed by atoms with Crippen molar-refractivity contribution >= 4 is 21.9 Å². The van der Waals surface area contributed by atoms with Crippen LogP contribution in [0.15, 0.2) is 29.2 Å². The second-order valence-corrected chi connectivity index (χ2v) is 10.4. The van der Waals surface area contributed by atoms with E-state index in [1.807, 2.05) is 0 Å². The number of hydrogen-bond acceptors (Lipinski definition) is 5. The summed E-state index contributed by atoms with van der Waals surface area (Å²) in [6.45, 7) is 6.93. The van der Waals surface area contributed by atoms with E-state index in [0.717, 1.165) is 57.2 Å². The molecular formula is C25H43N3O5S. The molecule has 0 aliphatic heterocycles. The molecule has 9 heteroatoms. The van der Waals surface area contributed by atoms with Gasteiger partial charge in [-0.1, -0.05) is 64.5 Å². The Labute approximate surface area is 205 Å². The van der Waals surface area contributed by atoms with Gasteiger partial charge in [-0.3, -0.25) is 14.5 Å². The molecule has 0 aliphatic carbocycles. The Morgan fingerprint density at radius 3 is 1.88 bits per heavy atom. The van der Waals surface area contributed by atoms with Crippen molar-refractivity contribution in [2.24, 2.45) is 5.14 Å². The minimum Gasteiger partial charge on any atom is -0.481 e. The first kappa shape index (κ1) is 30.1. The summed E-state index contributed by atoms with van der Waals surface area (Å²) in [4.78, 5) is 28.2. The Morgan fingerprint density at radius 1 is 0.853 bits per heavy atom. The quantitative estimate of drug-likeness (QED) is 0.282. The Bertz CT molecular complexity index is 815. The fourth-order valence-electron chi connectivity index (χ4n) is 3.79. The van der Waals surface area contributed by atoms with Crippen molar-refractivity contribution in [3.63, 3.8) is 0 Å². The maximum absolute atomic E-state index is 13.1. The van der Waals surface area contributed by atoms with Gasteiger partial charge in [0.15, 0.2) is 0 Å². The molecule has 0 unspecified atom stereocenters. The first-order chi connectivity index (χ1) is 16.2. The smallest absolute Gasteiger partial charge is 0.305 e. The molecule has 1 aromatic carbocycles. The van der Waals surface area contributed by atoms with E-state index in [-0.39, 0.29) is 23.8 Å². The topological polar surface area (TPSA) is 121 Å². The predicted octanol–water partition coefficient (Wildman–Crippen LogP) is 3.64. The molecule has 0 saturated carbocycles. The fraction of sp³-hybridized carbons (Fsp3) is 0.680. The zero-order valence-corrected chi connectivity index (χ0v) is 21.7. The zero-order valence-electron chi connectivity index (χ0n) is 20.9. The molecule has 0 bridgehead atoms. The molecule has 1 rings (SSSR count). The summed E-state index contributed by atoms with van der Waals surface area (Å²) >= 11 is 0. The Hall–Kier alpha value is -1.97. The van der Waals surface area contributed by atoms with Crippen LogP contribution in [0.1, 0.15) is 77.2 Å². The molecule has 0 saturated heterocycles. The molecular weight excluding hydrogens is 454 g/mol. The maximum atomic E-state index is 13.1. The maximum Gasteiger partial charge on any atom is 0.305 e. The van der Waals surface area contributed by atoms with Gasteiger partial charge in [-0.2, -0.15) is 0 Å². The highest BCUT2D eigenvalue weighted by Gasteiger charge is 2.18. The molecule has 0 aliphatic rings. The number of benzene rings is 1. The number of aliphatic carboxylic acids is 1. The number of carbonyl (C=O) groups excluding carboxylic acids is 1. The van der Waals surface area contributed by atoms with Crippen molar-refractivity contribution in [2.45, 2.75) is 83.0 Å². The average Bonchev–Trinajstić information content (AvgIpc) is 2.78. The summed E-state index contributed by atoms with van der Waals surface area (Å²) in [5.74, 6) is -1.00. The molecule has 8 nitrogen and oxygen atoms in total. The minimum absolute atomic E-state index is 0.0387. The number of carbonyl (C=O) groups is 2. The zero-order chi connectivity index (χ0) is 25.4. The van der Waals surface area contributed by atoms with Crippen molar-refractivity contribution in [2.75, 3.05) is 32.7 Å². The Balaban J connectivity index is 2.77. The van der Waals surface area contributed by atoms with Crippen molar-refractivity contribution in [1.29, 1.82) is 0 Å². The molecule has 0 heterocycles. The van der Waals surface area contributed by atoms with Gasteiger partial charge in [0.1, 0.15) is 0 Å².